The van der Waals surface area contributed by atoms with Crippen molar-refractivity contribution in [2.45, 2.75) is 78.1 Å². The van der Waals surface area contributed by atoms with E-state index < -0.39 is 0 Å². The lowest BCUT2D eigenvalue weighted by Crippen LogP contribution is -1.86. The van der Waals surface area contributed by atoms with Crippen molar-refractivity contribution < 1.29 is 0 Å². The molecule has 2 heterocycles. The van der Waals surface area contributed by atoms with E-state index in [1.807, 2.05) is 22.7 Å². The number of thiophene rings is 2. The Labute approximate surface area is 170 Å². The molecule has 138 valence electrons. The minimum atomic E-state index is 1.20. The van der Waals surface area contributed by atoms with Crippen LogP contribution in [0.25, 0.3) is 12.2 Å². The summed E-state index contributed by atoms with van der Waals surface area (Å²) in [5, 5.41) is 2.24. The van der Waals surface area contributed by atoms with Crippen molar-refractivity contribution >= 4 is 50.8 Å². The molecular weight excluding hydrogens is 408 g/mol. The van der Waals surface area contributed by atoms with E-state index in [0.717, 1.165) is 0 Å². The number of halogens is 1. The molecule has 0 aliphatic heterocycles. The molecule has 0 amide bonds. The largest absolute Gasteiger partial charge is 0.144 e. The van der Waals surface area contributed by atoms with E-state index >= 15 is 0 Å². The molecule has 2 rings (SSSR count). The van der Waals surface area contributed by atoms with Crippen LogP contribution in [0.2, 0.25) is 0 Å². The van der Waals surface area contributed by atoms with Crippen LogP contribution in [0.15, 0.2) is 21.3 Å². The summed E-state index contributed by atoms with van der Waals surface area (Å²) in [7, 11) is 0. The van der Waals surface area contributed by atoms with Crippen LogP contribution in [0.5, 0.6) is 0 Å². The Bertz CT molecular complexity index is 636. The van der Waals surface area contributed by atoms with Gasteiger partial charge in [-0.2, -0.15) is 0 Å². The molecule has 0 radical (unpaired) electrons. The molecule has 0 unspecified atom stereocenters. The molecule has 0 atom stereocenters. The lowest BCUT2D eigenvalue weighted by molar-refractivity contribution is 0.667. The quantitative estimate of drug-likeness (QED) is 0.290. The summed E-state index contributed by atoms with van der Waals surface area (Å²) in [5.41, 5.74) is 3.03. The zero-order valence-electron chi connectivity index (χ0n) is 15.7. The number of rotatable bonds is 12. The van der Waals surface area contributed by atoms with Crippen LogP contribution in [0, 0.1) is 0 Å². The van der Waals surface area contributed by atoms with Gasteiger partial charge in [-0.25, -0.2) is 0 Å². The van der Waals surface area contributed by atoms with Crippen LogP contribution in [-0.4, -0.2) is 0 Å². The van der Waals surface area contributed by atoms with Gasteiger partial charge in [0.1, 0.15) is 0 Å². The SMILES string of the molecule is CCCCCCc1ccsc1C=Cc1sc(Br)cc1CCCCCC. The molecule has 0 aliphatic rings. The summed E-state index contributed by atoms with van der Waals surface area (Å²) in [6, 6.07) is 4.63. The fourth-order valence-corrected chi connectivity index (χ4v) is 5.57. The molecule has 25 heavy (non-hydrogen) atoms. The molecule has 0 spiro atoms. The minimum Gasteiger partial charge on any atom is -0.144 e. The van der Waals surface area contributed by atoms with Gasteiger partial charge in [0.2, 0.25) is 0 Å². The van der Waals surface area contributed by atoms with E-state index in [4.69, 9.17) is 0 Å². The molecular formula is C22H31BrS2. The van der Waals surface area contributed by atoms with E-state index in [9.17, 15) is 0 Å². The van der Waals surface area contributed by atoms with Gasteiger partial charge in [0.15, 0.2) is 0 Å². The normalized spacial score (nSPS) is 11.6. The van der Waals surface area contributed by atoms with Crippen LogP contribution < -0.4 is 0 Å². The van der Waals surface area contributed by atoms with Crippen molar-refractivity contribution in [3.8, 4) is 0 Å². The van der Waals surface area contributed by atoms with Gasteiger partial charge in [-0.1, -0.05) is 52.4 Å². The first-order chi connectivity index (χ1) is 12.2. The maximum absolute atomic E-state index is 3.68. The third kappa shape index (κ3) is 7.40. The van der Waals surface area contributed by atoms with Crippen molar-refractivity contribution in [2.24, 2.45) is 0 Å². The molecule has 0 nitrogen and oxygen atoms in total. The van der Waals surface area contributed by atoms with Crippen LogP contribution >= 0.6 is 38.6 Å². The Kier molecular flexibility index (Phi) is 10.1. The first-order valence-electron chi connectivity index (χ1n) is 9.77. The first kappa shape index (κ1) is 20.9. The third-order valence-corrected chi connectivity index (χ3v) is 7.15. The van der Waals surface area contributed by atoms with Crippen molar-refractivity contribution in [3.63, 3.8) is 0 Å². The maximum atomic E-state index is 3.68. The van der Waals surface area contributed by atoms with Crippen LogP contribution in [-0.2, 0) is 12.8 Å². The third-order valence-electron chi connectivity index (χ3n) is 4.58. The van der Waals surface area contributed by atoms with Crippen LogP contribution in [0.1, 0.15) is 86.1 Å². The fourth-order valence-electron chi connectivity index (χ4n) is 3.08. The predicted octanol–water partition coefficient (Wildman–Crippen LogP) is 8.99. The molecule has 0 aromatic carbocycles. The van der Waals surface area contributed by atoms with Gasteiger partial charge in [-0.15, -0.1) is 22.7 Å². The highest BCUT2D eigenvalue weighted by atomic mass is 79.9. The summed E-state index contributed by atoms with van der Waals surface area (Å²) in [6.07, 6.45) is 17.8. The summed E-state index contributed by atoms with van der Waals surface area (Å²) in [4.78, 5) is 2.87. The molecule has 2 aromatic rings. The van der Waals surface area contributed by atoms with E-state index in [1.165, 1.54) is 88.9 Å². The van der Waals surface area contributed by atoms with Gasteiger partial charge in [0.05, 0.1) is 3.79 Å². The van der Waals surface area contributed by atoms with Crippen LogP contribution in [0.4, 0.5) is 0 Å². The van der Waals surface area contributed by atoms with Gasteiger partial charge in [0, 0.05) is 9.75 Å². The summed E-state index contributed by atoms with van der Waals surface area (Å²) < 4.78 is 1.25. The predicted molar refractivity (Wildman–Crippen MR) is 121 cm³/mol. The van der Waals surface area contributed by atoms with Crippen molar-refractivity contribution in [1.82, 2.24) is 0 Å². The first-order valence-corrected chi connectivity index (χ1v) is 12.3. The highest BCUT2D eigenvalue weighted by molar-refractivity contribution is 9.11. The average molecular weight is 440 g/mol. The number of unbranched alkanes of at least 4 members (excludes halogenated alkanes) is 6. The Hall–Kier alpha value is -0.380. The highest BCUT2D eigenvalue weighted by Gasteiger charge is 2.06. The molecule has 0 saturated heterocycles. The van der Waals surface area contributed by atoms with Gasteiger partial charge >= 0.3 is 0 Å². The van der Waals surface area contributed by atoms with Gasteiger partial charge < -0.3 is 0 Å². The fraction of sp³-hybridized carbons (Fsp3) is 0.545. The van der Waals surface area contributed by atoms with E-state index in [0.29, 0.717) is 0 Å². The Morgan fingerprint density at radius 2 is 1.48 bits per heavy atom. The molecule has 3 heteroatoms. The smallest absolute Gasteiger partial charge is 0.0707 e. The highest BCUT2D eigenvalue weighted by Crippen LogP contribution is 2.31. The summed E-state index contributed by atoms with van der Waals surface area (Å²) >= 11 is 7.42. The lowest BCUT2D eigenvalue weighted by Gasteiger charge is -2.02. The number of hydrogen-bond donors (Lipinski definition) is 0. The van der Waals surface area contributed by atoms with E-state index in [1.54, 1.807) is 0 Å². The second kappa shape index (κ2) is 12.1. The zero-order chi connectivity index (χ0) is 17.9. The lowest BCUT2D eigenvalue weighted by atomic mass is 10.1. The zero-order valence-corrected chi connectivity index (χ0v) is 18.9. The van der Waals surface area contributed by atoms with Crippen LogP contribution in [0.3, 0.4) is 0 Å². The van der Waals surface area contributed by atoms with Crippen molar-refractivity contribution in [1.29, 1.82) is 0 Å². The minimum absolute atomic E-state index is 1.20. The molecule has 0 aliphatic carbocycles. The molecule has 0 saturated carbocycles. The number of hydrogen-bond acceptors (Lipinski definition) is 2. The van der Waals surface area contributed by atoms with Gasteiger partial charge in [0.25, 0.3) is 0 Å². The summed E-state index contributed by atoms with van der Waals surface area (Å²) in [6.45, 7) is 4.55. The molecule has 0 N–H and O–H groups in total. The maximum Gasteiger partial charge on any atom is 0.0707 e. The standard InChI is InChI=1S/C22H31BrS2/c1-3-5-7-9-11-18-15-16-24-20(18)13-14-21-19(17-22(23)25-21)12-10-8-6-4-2/h13-17H,3-12H2,1-2H3. The monoisotopic (exact) mass is 438 g/mol. The molecule has 0 bridgehead atoms. The van der Waals surface area contributed by atoms with Gasteiger partial charge in [-0.05, 0) is 82.4 Å². The second-order valence-corrected chi connectivity index (χ2v) is 10.1. The molecule has 2 aromatic heterocycles. The van der Waals surface area contributed by atoms with E-state index in [-0.39, 0.29) is 0 Å². The van der Waals surface area contributed by atoms with E-state index in [2.05, 4.69) is 59.4 Å². The Balaban J connectivity index is 1.96. The number of aryl methyl sites for hydroxylation is 2. The summed E-state index contributed by atoms with van der Waals surface area (Å²) in [5.74, 6) is 0. The Morgan fingerprint density at radius 1 is 0.840 bits per heavy atom. The second-order valence-electron chi connectivity index (χ2n) is 6.70. The average Bonchev–Trinajstić information content (AvgIpc) is 3.19. The van der Waals surface area contributed by atoms with Crippen molar-refractivity contribution in [3.05, 3.63) is 42.2 Å². The van der Waals surface area contributed by atoms with Gasteiger partial charge in [-0.3, -0.25) is 0 Å². The topological polar surface area (TPSA) is 0 Å². The van der Waals surface area contributed by atoms with Crippen molar-refractivity contribution in [2.75, 3.05) is 0 Å². The molecule has 0 fully saturated rings. The Morgan fingerprint density at radius 3 is 2.16 bits per heavy atom.